The molecule has 0 spiro atoms. The summed E-state index contributed by atoms with van der Waals surface area (Å²) in [5.41, 5.74) is 2.46. The number of hydrogen-bond acceptors (Lipinski definition) is 2. The van der Waals surface area contributed by atoms with Gasteiger partial charge in [-0.05, 0) is 110 Å². The zero-order chi connectivity index (χ0) is 22.8. The SMILES string of the molecule is CC(C(O[SiH](C)C)C(C)(C)C)[C@H]1CC[C@H]2[C@@H]3CCC4=CC(=O)CC[C@]4(C)[C@H]3CC[C@]12C. The maximum Gasteiger partial charge on any atom is 0.171 e. The van der Waals surface area contributed by atoms with Crippen LogP contribution in [-0.4, -0.2) is 20.9 Å². The van der Waals surface area contributed by atoms with Crippen molar-refractivity contribution in [2.75, 3.05) is 0 Å². The number of carbonyl (C=O) groups excluding carboxylic acids is 1. The Labute approximate surface area is 193 Å². The lowest BCUT2D eigenvalue weighted by molar-refractivity contribution is -0.118. The molecule has 4 aliphatic carbocycles. The molecule has 0 N–H and O–H groups in total. The quantitative estimate of drug-likeness (QED) is 0.429. The maximum atomic E-state index is 12.1. The van der Waals surface area contributed by atoms with Crippen LogP contribution >= 0.6 is 0 Å². The molecule has 31 heavy (non-hydrogen) atoms. The Kier molecular flexibility index (Phi) is 6.21. The van der Waals surface area contributed by atoms with Crippen LogP contribution in [0.5, 0.6) is 0 Å². The third-order valence-corrected chi connectivity index (χ3v) is 11.3. The van der Waals surface area contributed by atoms with Crippen molar-refractivity contribution in [1.29, 1.82) is 0 Å². The fourth-order valence-electron chi connectivity index (χ4n) is 9.08. The van der Waals surface area contributed by atoms with Crippen molar-refractivity contribution in [1.82, 2.24) is 0 Å². The van der Waals surface area contributed by atoms with Gasteiger partial charge in [-0.15, -0.1) is 0 Å². The van der Waals surface area contributed by atoms with E-state index in [0.29, 0.717) is 28.6 Å². The van der Waals surface area contributed by atoms with Crippen LogP contribution in [0.4, 0.5) is 0 Å². The average molecular weight is 445 g/mol. The predicted molar refractivity (Wildman–Crippen MR) is 133 cm³/mol. The van der Waals surface area contributed by atoms with Crippen LogP contribution in [0.1, 0.15) is 92.9 Å². The molecule has 2 nitrogen and oxygen atoms in total. The molecule has 0 aromatic heterocycles. The van der Waals surface area contributed by atoms with Gasteiger partial charge in [-0.25, -0.2) is 0 Å². The molecule has 4 rings (SSSR count). The molecule has 0 aliphatic heterocycles. The van der Waals surface area contributed by atoms with Crippen molar-refractivity contribution in [3.8, 4) is 0 Å². The van der Waals surface area contributed by atoms with E-state index in [-0.39, 0.29) is 5.41 Å². The van der Waals surface area contributed by atoms with Gasteiger partial charge < -0.3 is 4.43 Å². The predicted octanol–water partition coefficient (Wildman–Crippen LogP) is 7.19. The summed E-state index contributed by atoms with van der Waals surface area (Å²) < 4.78 is 6.72. The highest BCUT2D eigenvalue weighted by Gasteiger charge is 2.60. The van der Waals surface area contributed by atoms with Gasteiger partial charge in [-0.2, -0.15) is 0 Å². The number of allylic oxidation sites excluding steroid dienone is 1. The summed E-state index contributed by atoms with van der Waals surface area (Å²) >= 11 is 0. The van der Waals surface area contributed by atoms with Crippen LogP contribution < -0.4 is 0 Å². The van der Waals surface area contributed by atoms with Gasteiger partial charge in [0.05, 0.1) is 6.10 Å². The smallest absolute Gasteiger partial charge is 0.171 e. The normalized spacial score (nSPS) is 42.5. The van der Waals surface area contributed by atoms with E-state index < -0.39 is 9.04 Å². The largest absolute Gasteiger partial charge is 0.417 e. The van der Waals surface area contributed by atoms with Crippen LogP contribution in [0.2, 0.25) is 13.1 Å². The third kappa shape index (κ3) is 3.94. The fourth-order valence-corrected chi connectivity index (χ4v) is 10.3. The van der Waals surface area contributed by atoms with E-state index in [9.17, 15) is 4.79 Å². The summed E-state index contributed by atoms with van der Waals surface area (Å²) in [6.07, 6.45) is 12.3. The van der Waals surface area contributed by atoms with Crippen LogP contribution in [-0.2, 0) is 9.22 Å². The Morgan fingerprint density at radius 2 is 1.74 bits per heavy atom. The number of hydrogen-bond donors (Lipinski definition) is 0. The molecule has 0 amide bonds. The first-order valence-electron chi connectivity index (χ1n) is 13.3. The molecule has 0 aromatic carbocycles. The van der Waals surface area contributed by atoms with E-state index in [2.05, 4.69) is 54.6 Å². The Morgan fingerprint density at radius 3 is 2.39 bits per heavy atom. The second-order valence-electron chi connectivity index (χ2n) is 13.5. The van der Waals surface area contributed by atoms with Crippen molar-refractivity contribution in [2.45, 2.75) is 112 Å². The van der Waals surface area contributed by atoms with Gasteiger partial charge in [-0.1, -0.05) is 47.1 Å². The monoisotopic (exact) mass is 444 g/mol. The molecule has 0 heterocycles. The van der Waals surface area contributed by atoms with Crippen LogP contribution in [0.3, 0.4) is 0 Å². The lowest BCUT2D eigenvalue weighted by atomic mass is 9.46. The highest BCUT2D eigenvalue weighted by molar-refractivity contribution is 6.48. The van der Waals surface area contributed by atoms with Crippen LogP contribution in [0.25, 0.3) is 0 Å². The zero-order valence-corrected chi connectivity index (χ0v) is 22.7. The first-order chi connectivity index (χ1) is 14.4. The van der Waals surface area contributed by atoms with Crippen molar-refractivity contribution in [2.24, 2.45) is 45.8 Å². The lowest BCUT2D eigenvalue weighted by Crippen LogP contribution is -2.52. The van der Waals surface area contributed by atoms with E-state index in [1.165, 1.54) is 44.1 Å². The average Bonchev–Trinajstić information content (AvgIpc) is 3.02. The minimum absolute atomic E-state index is 0.203. The van der Waals surface area contributed by atoms with Crippen LogP contribution in [0, 0.1) is 45.8 Å². The molecule has 0 saturated heterocycles. The Bertz CT molecular complexity index is 734. The molecule has 0 bridgehead atoms. The molecule has 3 saturated carbocycles. The van der Waals surface area contributed by atoms with Gasteiger partial charge in [0, 0.05) is 6.42 Å². The van der Waals surface area contributed by atoms with Gasteiger partial charge in [0.25, 0.3) is 0 Å². The topological polar surface area (TPSA) is 26.3 Å². The second-order valence-corrected chi connectivity index (χ2v) is 15.9. The standard InChI is InChI=1S/C28H48O2Si/c1-18(25(26(2,3)4)30-31(7)8)22-11-12-23-21-10-9-19-17-20(29)13-15-27(19,5)24(21)14-16-28(22,23)6/h17-18,21-25,31H,9-16H2,1-8H3/t18?,21-,22+,23-,24-,25?,27-,28+/m0/s1. The molecule has 8 atom stereocenters. The minimum atomic E-state index is -1.08. The number of ketones is 1. The number of carbonyl (C=O) groups is 1. The van der Waals surface area contributed by atoms with Crippen molar-refractivity contribution in [3.05, 3.63) is 11.6 Å². The first kappa shape index (κ1) is 23.7. The van der Waals surface area contributed by atoms with Crippen molar-refractivity contribution in [3.63, 3.8) is 0 Å². The third-order valence-electron chi connectivity index (χ3n) is 10.4. The van der Waals surface area contributed by atoms with Gasteiger partial charge >= 0.3 is 0 Å². The molecule has 3 heteroatoms. The van der Waals surface area contributed by atoms with Crippen molar-refractivity contribution < 1.29 is 9.22 Å². The summed E-state index contributed by atoms with van der Waals surface area (Å²) in [5, 5.41) is 0. The lowest BCUT2D eigenvalue weighted by Gasteiger charge is -2.59. The summed E-state index contributed by atoms with van der Waals surface area (Å²) in [4.78, 5) is 12.1. The summed E-state index contributed by atoms with van der Waals surface area (Å²) in [5.74, 6) is 4.32. The van der Waals surface area contributed by atoms with E-state index in [0.717, 1.165) is 36.5 Å². The molecule has 2 unspecified atom stereocenters. The van der Waals surface area contributed by atoms with Gasteiger partial charge in [0.1, 0.15) is 0 Å². The Hall–Kier alpha value is -0.413. The number of rotatable bonds is 4. The van der Waals surface area contributed by atoms with E-state index >= 15 is 0 Å². The molecule has 176 valence electrons. The molecule has 0 radical (unpaired) electrons. The maximum absolute atomic E-state index is 12.1. The Morgan fingerprint density at radius 1 is 1.03 bits per heavy atom. The molecular weight excluding hydrogens is 396 g/mol. The molecule has 3 fully saturated rings. The molecular formula is C28H48O2Si. The summed E-state index contributed by atoms with van der Waals surface area (Å²) in [6, 6.07) is 0. The van der Waals surface area contributed by atoms with Gasteiger partial charge in [0.15, 0.2) is 14.8 Å². The Balaban J connectivity index is 1.58. The minimum Gasteiger partial charge on any atom is -0.417 e. The summed E-state index contributed by atoms with van der Waals surface area (Å²) in [7, 11) is -1.08. The van der Waals surface area contributed by atoms with E-state index in [1.807, 2.05) is 6.08 Å². The van der Waals surface area contributed by atoms with Crippen molar-refractivity contribution >= 4 is 14.8 Å². The van der Waals surface area contributed by atoms with E-state index in [1.54, 1.807) is 0 Å². The second kappa shape index (κ2) is 8.11. The highest BCUT2D eigenvalue weighted by Crippen LogP contribution is 2.68. The van der Waals surface area contributed by atoms with Gasteiger partial charge in [-0.3, -0.25) is 4.79 Å². The molecule has 4 aliphatic rings. The first-order valence-corrected chi connectivity index (χ1v) is 16.1. The van der Waals surface area contributed by atoms with E-state index in [4.69, 9.17) is 4.43 Å². The van der Waals surface area contributed by atoms with Crippen LogP contribution in [0.15, 0.2) is 11.6 Å². The highest BCUT2D eigenvalue weighted by atomic mass is 28.3. The fraction of sp³-hybridized carbons (Fsp3) is 0.893. The summed E-state index contributed by atoms with van der Waals surface area (Å²) in [6.45, 7) is 19.5. The zero-order valence-electron chi connectivity index (χ0n) is 21.6. The van der Waals surface area contributed by atoms with Gasteiger partial charge in [0.2, 0.25) is 0 Å². The molecule has 0 aromatic rings. The number of fused-ring (bicyclic) bond motifs is 5.